The number of amides is 2. The predicted octanol–water partition coefficient (Wildman–Crippen LogP) is 5.50. The largest absolute Gasteiger partial charge is 0.325 e. The van der Waals surface area contributed by atoms with Crippen LogP contribution in [0.5, 0.6) is 0 Å². The summed E-state index contributed by atoms with van der Waals surface area (Å²) < 4.78 is 13.5. The summed E-state index contributed by atoms with van der Waals surface area (Å²) in [5, 5.41) is 4.31. The average molecular weight is 428 g/mol. The molecule has 5 nitrogen and oxygen atoms in total. The molecule has 1 aliphatic carbocycles. The first kappa shape index (κ1) is 20.4. The standard InChI is InChI=1S/C23H23ClFN3O2/c1-13(2)12-28(23(30)26-14-7-8-18(25)17(24)11-14)20-10-9-19-21(20)15-5-3-4-6-16(15)22(29)27-19/h3-8,11,13,20H,9-10,12H2,1-2H3,(H,26,30)(H,27,29). The molecule has 30 heavy (non-hydrogen) atoms. The van der Waals surface area contributed by atoms with Crippen LogP contribution >= 0.6 is 11.6 Å². The second kappa shape index (κ2) is 8.11. The molecule has 2 N–H and O–H groups in total. The third-order valence-electron chi connectivity index (χ3n) is 5.42. The lowest BCUT2D eigenvalue weighted by Gasteiger charge is -2.32. The zero-order valence-corrected chi connectivity index (χ0v) is 17.6. The lowest BCUT2D eigenvalue weighted by Crippen LogP contribution is -2.40. The molecule has 0 bridgehead atoms. The van der Waals surface area contributed by atoms with Crippen LogP contribution in [-0.4, -0.2) is 22.5 Å². The monoisotopic (exact) mass is 427 g/mol. The highest BCUT2D eigenvalue weighted by atomic mass is 35.5. The van der Waals surface area contributed by atoms with E-state index in [9.17, 15) is 14.0 Å². The van der Waals surface area contributed by atoms with Gasteiger partial charge >= 0.3 is 6.03 Å². The summed E-state index contributed by atoms with van der Waals surface area (Å²) in [5.41, 5.74) is 2.21. The van der Waals surface area contributed by atoms with Gasteiger partial charge in [-0.25, -0.2) is 9.18 Å². The Bertz CT molecular complexity index is 1170. The number of carbonyl (C=O) groups excluding carboxylic acids is 1. The van der Waals surface area contributed by atoms with Crippen molar-refractivity contribution < 1.29 is 9.18 Å². The molecule has 2 amide bonds. The number of aromatic nitrogens is 1. The number of rotatable bonds is 4. The Morgan fingerprint density at radius 1 is 1.27 bits per heavy atom. The summed E-state index contributed by atoms with van der Waals surface area (Å²) >= 11 is 5.86. The van der Waals surface area contributed by atoms with Gasteiger partial charge in [-0.3, -0.25) is 4.79 Å². The highest BCUT2D eigenvalue weighted by molar-refractivity contribution is 6.31. The number of aromatic amines is 1. The van der Waals surface area contributed by atoms with Crippen molar-refractivity contribution in [1.29, 1.82) is 0 Å². The maximum atomic E-state index is 13.5. The van der Waals surface area contributed by atoms with Gasteiger partial charge in [0, 0.05) is 28.9 Å². The lowest BCUT2D eigenvalue weighted by molar-refractivity contribution is 0.178. The van der Waals surface area contributed by atoms with Gasteiger partial charge in [-0.15, -0.1) is 0 Å². The Balaban J connectivity index is 1.72. The number of fused-ring (bicyclic) bond motifs is 3. The molecule has 2 aromatic carbocycles. The van der Waals surface area contributed by atoms with Gasteiger partial charge in [-0.05, 0) is 48.4 Å². The maximum Gasteiger partial charge on any atom is 0.322 e. The van der Waals surface area contributed by atoms with Crippen LogP contribution in [0.25, 0.3) is 10.8 Å². The molecule has 0 aliphatic heterocycles. The molecule has 0 saturated heterocycles. The van der Waals surface area contributed by atoms with Crippen LogP contribution in [0.4, 0.5) is 14.9 Å². The third kappa shape index (κ3) is 3.79. The van der Waals surface area contributed by atoms with Crippen LogP contribution in [0.1, 0.15) is 37.6 Å². The predicted molar refractivity (Wildman–Crippen MR) is 118 cm³/mol. The van der Waals surface area contributed by atoms with Gasteiger partial charge in [0.2, 0.25) is 0 Å². The van der Waals surface area contributed by atoms with Gasteiger partial charge in [0.25, 0.3) is 5.56 Å². The minimum atomic E-state index is -0.533. The molecule has 1 atom stereocenters. The number of benzene rings is 2. The van der Waals surface area contributed by atoms with E-state index in [1.807, 2.05) is 18.2 Å². The number of urea groups is 1. The van der Waals surface area contributed by atoms with E-state index in [-0.39, 0.29) is 28.6 Å². The molecule has 1 heterocycles. The molecule has 0 saturated carbocycles. The second-order valence-electron chi connectivity index (χ2n) is 8.05. The summed E-state index contributed by atoms with van der Waals surface area (Å²) in [6.07, 6.45) is 1.42. The molecule has 1 aliphatic rings. The molecule has 3 aromatic rings. The Hall–Kier alpha value is -2.86. The van der Waals surface area contributed by atoms with Crippen LogP contribution in [0.3, 0.4) is 0 Å². The Morgan fingerprint density at radius 2 is 2.00 bits per heavy atom. The lowest BCUT2D eigenvalue weighted by atomic mass is 10.0. The number of hydrogen-bond donors (Lipinski definition) is 2. The van der Waals surface area contributed by atoms with E-state index in [0.717, 1.165) is 23.1 Å². The smallest absolute Gasteiger partial charge is 0.322 e. The first-order valence-electron chi connectivity index (χ1n) is 10.0. The molecule has 1 aromatic heterocycles. The summed E-state index contributed by atoms with van der Waals surface area (Å²) in [7, 11) is 0. The quantitative estimate of drug-likeness (QED) is 0.577. The van der Waals surface area contributed by atoms with Crippen LogP contribution in [0.15, 0.2) is 47.3 Å². The molecule has 1 unspecified atom stereocenters. The van der Waals surface area contributed by atoms with Crippen molar-refractivity contribution in [2.75, 3.05) is 11.9 Å². The molecular weight excluding hydrogens is 405 g/mol. The van der Waals surface area contributed by atoms with Crippen molar-refractivity contribution in [2.24, 2.45) is 5.92 Å². The van der Waals surface area contributed by atoms with Gasteiger partial charge in [-0.2, -0.15) is 0 Å². The molecular formula is C23H23ClFN3O2. The maximum absolute atomic E-state index is 13.5. The van der Waals surface area contributed by atoms with E-state index >= 15 is 0 Å². The van der Waals surface area contributed by atoms with Crippen molar-refractivity contribution in [1.82, 2.24) is 9.88 Å². The first-order chi connectivity index (χ1) is 14.3. The zero-order valence-electron chi connectivity index (χ0n) is 16.8. The van der Waals surface area contributed by atoms with Crippen molar-refractivity contribution in [3.8, 4) is 0 Å². The number of hydrogen-bond acceptors (Lipinski definition) is 2. The number of pyridine rings is 1. The fourth-order valence-electron chi connectivity index (χ4n) is 4.18. The van der Waals surface area contributed by atoms with E-state index in [1.54, 1.807) is 11.0 Å². The number of nitrogens with one attached hydrogen (secondary N) is 2. The van der Waals surface area contributed by atoms with E-state index in [2.05, 4.69) is 24.1 Å². The Labute approximate surface area is 178 Å². The number of nitrogens with zero attached hydrogens (tertiary/aromatic N) is 1. The minimum Gasteiger partial charge on any atom is -0.325 e. The average Bonchev–Trinajstić information content (AvgIpc) is 3.12. The summed E-state index contributed by atoms with van der Waals surface area (Å²) in [6.45, 7) is 4.64. The third-order valence-corrected chi connectivity index (χ3v) is 5.71. The molecule has 0 fully saturated rings. The highest BCUT2D eigenvalue weighted by Gasteiger charge is 2.34. The fourth-order valence-corrected chi connectivity index (χ4v) is 4.36. The van der Waals surface area contributed by atoms with Crippen molar-refractivity contribution >= 4 is 34.1 Å². The number of anilines is 1. The SMILES string of the molecule is CC(C)CN(C(=O)Nc1ccc(F)c(Cl)c1)C1CCc2[nH]c(=O)c3ccccc3c21. The van der Waals surface area contributed by atoms with Crippen molar-refractivity contribution in [3.05, 3.63) is 74.9 Å². The van der Waals surface area contributed by atoms with Crippen LogP contribution in [0, 0.1) is 11.7 Å². The van der Waals surface area contributed by atoms with Crippen LogP contribution in [0.2, 0.25) is 5.02 Å². The van der Waals surface area contributed by atoms with E-state index in [0.29, 0.717) is 24.0 Å². The first-order valence-corrected chi connectivity index (χ1v) is 10.4. The van der Waals surface area contributed by atoms with E-state index in [4.69, 9.17) is 11.6 Å². The van der Waals surface area contributed by atoms with Gasteiger partial charge in [0.15, 0.2) is 0 Å². The molecule has 0 spiro atoms. The van der Waals surface area contributed by atoms with Gasteiger partial charge in [0.05, 0.1) is 11.1 Å². The second-order valence-corrected chi connectivity index (χ2v) is 8.46. The topological polar surface area (TPSA) is 65.2 Å². The summed E-state index contributed by atoms with van der Waals surface area (Å²) in [6, 6.07) is 11.2. The van der Waals surface area contributed by atoms with E-state index in [1.165, 1.54) is 18.2 Å². The minimum absolute atomic E-state index is 0.0435. The molecule has 7 heteroatoms. The number of aryl methyl sites for hydroxylation is 1. The van der Waals surface area contributed by atoms with E-state index < -0.39 is 5.82 Å². The molecule has 4 rings (SSSR count). The van der Waals surface area contributed by atoms with Crippen molar-refractivity contribution in [2.45, 2.75) is 32.7 Å². The Morgan fingerprint density at radius 3 is 2.70 bits per heavy atom. The zero-order chi connectivity index (χ0) is 21.4. The van der Waals surface area contributed by atoms with Crippen LogP contribution in [-0.2, 0) is 6.42 Å². The fraction of sp³-hybridized carbons (Fsp3) is 0.304. The summed E-state index contributed by atoms with van der Waals surface area (Å²) in [5.74, 6) is -0.292. The molecule has 156 valence electrons. The Kier molecular flexibility index (Phi) is 5.52. The molecule has 0 radical (unpaired) electrons. The van der Waals surface area contributed by atoms with Gasteiger partial charge in [0.1, 0.15) is 5.82 Å². The van der Waals surface area contributed by atoms with Crippen molar-refractivity contribution in [3.63, 3.8) is 0 Å². The normalized spacial score (nSPS) is 15.4. The summed E-state index contributed by atoms with van der Waals surface area (Å²) in [4.78, 5) is 30.5. The number of carbonyl (C=O) groups is 1. The number of halogens is 2. The highest BCUT2D eigenvalue weighted by Crippen LogP contribution is 2.39. The van der Waals surface area contributed by atoms with Gasteiger partial charge < -0.3 is 15.2 Å². The van der Waals surface area contributed by atoms with Gasteiger partial charge in [-0.1, -0.05) is 43.6 Å². The number of H-pyrrole nitrogens is 1. The van der Waals surface area contributed by atoms with Crippen LogP contribution < -0.4 is 10.9 Å².